The van der Waals surface area contributed by atoms with Gasteiger partial charge in [0.25, 0.3) is 5.91 Å². The number of hydrogen-bond acceptors (Lipinski definition) is 3. The van der Waals surface area contributed by atoms with Crippen LogP contribution in [0.2, 0.25) is 0 Å². The SMILES string of the molecule is COc1ccc(C(C)(C)CNC(=O)c2ccc(F)c(F)c2)cc1OC. The van der Waals surface area contributed by atoms with E-state index in [0.29, 0.717) is 18.0 Å². The Balaban J connectivity index is 2.12. The zero-order chi connectivity index (χ0) is 18.6. The van der Waals surface area contributed by atoms with Crippen LogP contribution in [0.4, 0.5) is 8.78 Å². The van der Waals surface area contributed by atoms with E-state index in [4.69, 9.17) is 9.47 Å². The standard InChI is InChI=1S/C19H21F2NO3/c1-19(2,13-6-8-16(24-3)17(10-13)25-4)11-22-18(23)12-5-7-14(20)15(21)9-12/h5-10H,11H2,1-4H3,(H,22,23). The molecule has 134 valence electrons. The quantitative estimate of drug-likeness (QED) is 0.865. The van der Waals surface area contributed by atoms with E-state index in [2.05, 4.69) is 5.32 Å². The van der Waals surface area contributed by atoms with E-state index in [1.54, 1.807) is 20.3 Å². The molecule has 0 atom stereocenters. The van der Waals surface area contributed by atoms with Crippen LogP contribution in [0.25, 0.3) is 0 Å². The Bertz CT molecular complexity index is 775. The Morgan fingerprint density at radius 3 is 2.28 bits per heavy atom. The molecule has 0 radical (unpaired) electrons. The molecule has 0 spiro atoms. The number of carbonyl (C=O) groups excluding carboxylic acids is 1. The first kappa shape index (κ1) is 18.7. The topological polar surface area (TPSA) is 47.6 Å². The van der Waals surface area contributed by atoms with Crippen molar-refractivity contribution in [3.63, 3.8) is 0 Å². The number of carbonyl (C=O) groups is 1. The van der Waals surface area contributed by atoms with Crippen molar-refractivity contribution in [2.24, 2.45) is 0 Å². The zero-order valence-electron chi connectivity index (χ0n) is 14.7. The molecule has 0 saturated carbocycles. The van der Waals surface area contributed by atoms with Crippen molar-refractivity contribution in [3.05, 3.63) is 59.2 Å². The van der Waals surface area contributed by atoms with Gasteiger partial charge < -0.3 is 14.8 Å². The van der Waals surface area contributed by atoms with Gasteiger partial charge in [-0.2, -0.15) is 0 Å². The number of amides is 1. The molecule has 0 fully saturated rings. The Morgan fingerprint density at radius 1 is 1.00 bits per heavy atom. The van der Waals surface area contributed by atoms with Crippen molar-refractivity contribution in [1.82, 2.24) is 5.32 Å². The average molecular weight is 349 g/mol. The molecular weight excluding hydrogens is 328 g/mol. The zero-order valence-corrected chi connectivity index (χ0v) is 14.7. The molecule has 1 N–H and O–H groups in total. The summed E-state index contributed by atoms with van der Waals surface area (Å²) < 4.78 is 36.7. The van der Waals surface area contributed by atoms with Crippen LogP contribution < -0.4 is 14.8 Å². The fraction of sp³-hybridized carbons (Fsp3) is 0.316. The van der Waals surface area contributed by atoms with Gasteiger partial charge in [-0.25, -0.2) is 8.78 Å². The van der Waals surface area contributed by atoms with Crippen LogP contribution in [0.1, 0.15) is 29.8 Å². The molecule has 25 heavy (non-hydrogen) atoms. The van der Waals surface area contributed by atoms with Crippen LogP contribution in [0, 0.1) is 11.6 Å². The molecule has 0 aliphatic carbocycles. The maximum absolute atomic E-state index is 13.3. The summed E-state index contributed by atoms with van der Waals surface area (Å²) in [5, 5.41) is 2.75. The molecule has 0 aliphatic rings. The molecule has 0 heterocycles. The predicted octanol–water partition coefficient (Wildman–Crippen LogP) is 3.69. The van der Waals surface area contributed by atoms with Crippen molar-refractivity contribution in [3.8, 4) is 11.5 Å². The van der Waals surface area contributed by atoms with Crippen molar-refractivity contribution < 1.29 is 23.0 Å². The summed E-state index contributed by atoms with van der Waals surface area (Å²) in [5.41, 5.74) is 0.603. The first-order valence-corrected chi connectivity index (χ1v) is 7.74. The fourth-order valence-electron chi connectivity index (χ4n) is 2.40. The Kier molecular flexibility index (Phi) is 5.62. The highest BCUT2D eigenvalue weighted by molar-refractivity contribution is 5.94. The Morgan fingerprint density at radius 2 is 1.68 bits per heavy atom. The lowest BCUT2D eigenvalue weighted by Crippen LogP contribution is -2.36. The smallest absolute Gasteiger partial charge is 0.251 e. The molecule has 2 aromatic rings. The van der Waals surface area contributed by atoms with E-state index in [9.17, 15) is 13.6 Å². The summed E-state index contributed by atoms with van der Waals surface area (Å²) in [7, 11) is 3.12. The van der Waals surface area contributed by atoms with Crippen molar-refractivity contribution in [2.75, 3.05) is 20.8 Å². The molecule has 0 aliphatic heterocycles. The van der Waals surface area contributed by atoms with Gasteiger partial charge in [-0.1, -0.05) is 19.9 Å². The van der Waals surface area contributed by atoms with Gasteiger partial charge in [0, 0.05) is 17.5 Å². The number of rotatable bonds is 6. The largest absolute Gasteiger partial charge is 0.493 e. The number of benzene rings is 2. The highest BCUT2D eigenvalue weighted by atomic mass is 19.2. The second kappa shape index (κ2) is 7.51. The third kappa shape index (κ3) is 4.26. The van der Waals surface area contributed by atoms with Crippen molar-refractivity contribution in [1.29, 1.82) is 0 Å². The van der Waals surface area contributed by atoms with Gasteiger partial charge in [0.05, 0.1) is 14.2 Å². The lowest BCUT2D eigenvalue weighted by atomic mass is 9.84. The molecule has 0 saturated heterocycles. The van der Waals surface area contributed by atoms with Gasteiger partial charge >= 0.3 is 0 Å². The van der Waals surface area contributed by atoms with Gasteiger partial charge in [0.1, 0.15) is 0 Å². The molecule has 6 heteroatoms. The van der Waals surface area contributed by atoms with Crippen LogP contribution in [0.3, 0.4) is 0 Å². The third-order valence-electron chi connectivity index (χ3n) is 4.04. The normalized spacial score (nSPS) is 11.1. The van der Waals surface area contributed by atoms with E-state index in [0.717, 1.165) is 17.7 Å². The summed E-state index contributed by atoms with van der Waals surface area (Å²) in [4.78, 5) is 12.2. The van der Waals surface area contributed by atoms with Gasteiger partial charge in [-0.05, 0) is 35.9 Å². The number of halogens is 2. The molecule has 0 unspecified atom stereocenters. The van der Waals surface area contributed by atoms with E-state index in [1.807, 2.05) is 26.0 Å². The maximum atomic E-state index is 13.3. The van der Waals surface area contributed by atoms with Gasteiger partial charge in [-0.15, -0.1) is 0 Å². The highest BCUT2D eigenvalue weighted by Crippen LogP contribution is 2.32. The Hall–Kier alpha value is -2.63. The highest BCUT2D eigenvalue weighted by Gasteiger charge is 2.23. The fourth-order valence-corrected chi connectivity index (χ4v) is 2.40. The van der Waals surface area contributed by atoms with Crippen LogP contribution >= 0.6 is 0 Å². The molecule has 1 amide bonds. The first-order chi connectivity index (χ1) is 11.8. The van der Waals surface area contributed by atoms with E-state index < -0.39 is 23.0 Å². The van der Waals surface area contributed by atoms with Gasteiger partial charge in [-0.3, -0.25) is 4.79 Å². The van der Waals surface area contributed by atoms with Crippen LogP contribution in [0.15, 0.2) is 36.4 Å². The summed E-state index contributed by atoms with van der Waals surface area (Å²) in [6, 6.07) is 8.61. The summed E-state index contributed by atoms with van der Waals surface area (Å²) in [6.07, 6.45) is 0. The monoisotopic (exact) mass is 349 g/mol. The first-order valence-electron chi connectivity index (χ1n) is 7.74. The minimum Gasteiger partial charge on any atom is -0.493 e. The Labute approximate surface area is 145 Å². The molecule has 0 bridgehead atoms. The summed E-state index contributed by atoms with van der Waals surface area (Å²) in [5.74, 6) is -1.28. The maximum Gasteiger partial charge on any atom is 0.251 e. The molecule has 2 aromatic carbocycles. The summed E-state index contributed by atoms with van der Waals surface area (Å²) >= 11 is 0. The molecular formula is C19H21F2NO3. The van der Waals surface area contributed by atoms with Crippen molar-refractivity contribution in [2.45, 2.75) is 19.3 Å². The minimum atomic E-state index is -1.05. The van der Waals surface area contributed by atoms with Crippen LogP contribution in [0.5, 0.6) is 11.5 Å². The van der Waals surface area contributed by atoms with Crippen LogP contribution in [-0.2, 0) is 5.41 Å². The molecule has 4 nitrogen and oxygen atoms in total. The van der Waals surface area contributed by atoms with E-state index in [1.165, 1.54) is 6.07 Å². The second-order valence-corrected chi connectivity index (χ2v) is 6.27. The number of methoxy groups -OCH3 is 2. The van der Waals surface area contributed by atoms with E-state index in [-0.39, 0.29) is 5.56 Å². The van der Waals surface area contributed by atoms with Crippen LogP contribution in [-0.4, -0.2) is 26.7 Å². The lowest BCUT2D eigenvalue weighted by molar-refractivity contribution is 0.0945. The predicted molar refractivity (Wildman–Crippen MR) is 91.3 cm³/mol. The average Bonchev–Trinajstić information content (AvgIpc) is 2.61. The minimum absolute atomic E-state index is 0.0713. The van der Waals surface area contributed by atoms with E-state index >= 15 is 0 Å². The molecule has 2 rings (SSSR count). The third-order valence-corrected chi connectivity index (χ3v) is 4.04. The number of nitrogens with one attached hydrogen (secondary N) is 1. The molecule has 0 aromatic heterocycles. The summed E-state index contributed by atoms with van der Waals surface area (Å²) in [6.45, 7) is 4.22. The lowest BCUT2D eigenvalue weighted by Gasteiger charge is -2.26. The number of hydrogen-bond donors (Lipinski definition) is 1. The van der Waals surface area contributed by atoms with Gasteiger partial charge in [0.2, 0.25) is 0 Å². The van der Waals surface area contributed by atoms with Gasteiger partial charge in [0.15, 0.2) is 23.1 Å². The second-order valence-electron chi connectivity index (χ2n) is 6.27. The van der Waals surface area contributed by atoms with Crippen molar-refractivity contribution >= 4 is 5.91 Å². The number of ether oxygens (including phenoxy) is 2.